The van der Waals surface area contributed by atoms with Gasteiger partial charge in [0.2, 0.25) is 5.91 Å². The van der Waals surface area contributed by atoms with Gasteiger partial charge in [0.05, 0.1) is 12.0 Å². The first-order valence-corrected chi connectivity index (χ1v) is 10.2. The van der Waals surface area contributed by atoms with E-state index in [4.69, 9.17) is 0 Å². The number of amides is 1. The second kappa shape index (κ2) is 6.91. The maximum Gasteiger partial charge on any atom is 0.225 e. The van der Waals surface area contributed by atoms with Crippen molar-refractivity contribution in [2.75, 3.05) is 36.0 Å². The standard InChI is InChI=1S/C23H27N3O/c27-23(24-15-17-10-11-17)20-14-18-6-4-5-9-21(18)26-13-12-25(16-22(20)26)19-7-2-1-3-8-19/h1-9,17,20,22H,10-16H2,(H,24,27). The third-order valence-corrected chi connectivity index (χ3v) is 6.34. The van der Waals surface area contributed by atoms with E-state index >= 15 is 0 Å². The average Bonchev–Trinajstić information content (AvgIpc) is 3.56. The van der Waals surface area contributed by atoms with E-state index in [2.05, 4.69) is 69.7 Å². The molecule has 0 bridgehead atoms. The number of nitrogens with zero attached hydrogens (tertiary/aromatic N) is 2. The van der Waals surface area contributed by atoms with Crippen molar-refractivity contribution < 1.29 is 4.79 Å². The van der Waals surface area contributed by atoms with E-state index in [-0.39, 0.29) is 17.9 Å². The number of para-hydroxylation sites is 2. The minimum Gasteiger partial charge on any atom is -0.368 e. The predicted octanol–water partition coefficient (Wildman–Crippen LogP) is 3.08. The van der Waals surface area contributed by atoms with Crippen LogP contribution < -0.4 is 15.1 Å². The van der Waals surface area contributed by atoms with Crippen LogP contribution in [0.1, 0.15) is 18.4 Å². The molecule has 1 aliphatic carbocycles. The minimum atomic E-state index is 0.0187. The lowest BCUT2D eigenvalue weighted by Gasteiger charge is -2.49. The van der Waals surface area contributed by atoms with Crippen molar-refractivity contribution in [2.45, 2.75) is 25.3 Å². The lowest BCUT2D eigenvalue weighted by molar-refractivity contribution is -0.125. The van der Waals surface area contributed by atoms with Crippen molar-refractivity contribution in [3.63, 3.8) is 0 Å². The molecule has 4 nitrogen and oxygen atoms in total. The van der Waals surface area contributed by atoms with Crippen LogP contribution in [-0.2, 0) is 11.2 Å². The lowest BCUT2D eigenvalue weighted by atomic mass is 9.83. The van der Waals surface area contributed by atoms with Crippen LogP contribution in [0.2, 0.25) is 0 Å². The van der Waals surface area contributed by atoms with Gasteiger partial charge in [0.1, 0.15) is 0 Å². The van der Waals surface area contributed by atoms with E-state index in [1.165, 1.54) is 29.8 Å². The molecule has 5 rings (SSSR count). The highest BCUT2D eigenvalue weighted by Gasteiger charge is 2.41. The van der Waals surface area contributed by atoms with Crippen molar-refractivity contribution in [2.24, 2.45) is 11.8 Å². The van der Waals surface area contributed by atoms with E-state index in [0.29, 0.717) is 5.92 Å². The summed E-state index contributed by atoms with van der Waals surface area (Å²) in [4.78, 5) is 18.0. The first-order chi connectivity index (χ1) is 13.3. The van der Waals surface area contributed by atoms with Crippen molar-refractivity contribution in [1.29, 1.82) is 0 Å². The summed E-state index contributed by atoms with van der Waals surface area (Å²) in [6, 6.07) is 19.5. The number of carbonyl (C=O) groups excluding carboxylic acids is 1. The SMILES string of the molecule is O=C(NCC1CC1)C1Cc2ccccc2N2CCN(c3ccccc3)CC12. The molecule has 2 aliphatic heterocycles. The van der Waals surface area contributed by atoms with Crippen molar-refractivity contribution in [3.05, 3.63) is 60.2 Å². The summed E-state index contributed by atoms with van der Waals surface area (Å²) < 4.78 is 0. The molecule has 140 valence electrons. The third-order valence-electron chi connectivity index (χ3n) is 6.34. The highest BCUT2D eigenvalue weighted by Crippen LogP contribution is 2.37. The Bertz CT molecular complexity index is 817. The Morgan fingerprint density at radius 1 is 1.00 bits per heavy atom. The molecule has 3 aliphatic rings. The van der Waals surface area contributed by atoms with Gasteiger partial charge in [0.15, 0.2) is 0 Å². The number of hydrogen-bond donors (Lipinski definition) is 1. The van der Waals surface area contributed by atoms with Gasteiger partial charge in [-0.05, 0) is 48.9 Å². The summed E-state index contributed by atoms with van der Waals surface area (Å²) in [7, 11) is 0. The molecule has 0 spiro atoms. The molecule has 2 aromatic carbocycles. The van der Waals surface area contributed by atoms with E-state index < -0.39 is 0 Å². The van der Waals surface area contributed by atoms with Gasteiger partial charge in [-0.1, -0.05) is 36.4 Å². The zero-order valence-electron chi connectivity index (χ0n) is 15.7. The Morgan fingerprint density at radius 2 is 1.78 bits per heavy atom. The Labute approximate surface area is 161 Å². The average molecular weight is 361 g/mol. The van der Waals surface area contributed by atoms with Crippen LogP contribution in [0, 0.1) is 11.8 Å². The molecule has 27 heavy (non-hydrogen) atoms. The second-order valence-electron chi connectivity index (χ2n) is 8.17. The molecule has 2 heterocycles. The van der Waals surface area contributed by atoms with Crippen LogP contribution in [0.15, 0.2) is 54.6 Å². The molecule has 0 aromatic heterocycles. The van der Waals surface area contributed by atoms with E-state index in [0.717, 1.165) is 32.6 Å². The van der Waals surface area contributed by atoms with Crippen molar-refractivity contribution in [1.82, 2.24) is 5.32 Å². The van der Waals surface area contributed by atoms with Gasteiger partial charge in [0.25, 0.3) is 0 Å². The van der Waals surface area contributed by atoms with Crippen LogP contribution in [-0.4, -0.2) is 38.1 Å². The minimum absolute atomic E-state index is 0.0187. The normalized spacial score (nSPS) is 24.1. The van der Waals surface area contributed by atoms with Crippen molar-refractivity contribution in [3.8, 4) is 0 Å². The summed E-state index contributed by atoms with van der Waals surface area (Å²) >= 11 is 0. The van der Waals surface area contributed by atoms with Gasteiger partial charge in [-0.15, -0.1) is 0 Å². The van der Waals surface area contributed by atoms with Crippen LogP contribution >= 0.6 is 0 Å². The van der Waals surface area contributed by atoms with Crippen LogP contribution in [0.25, 0.3) is 0 Å². The maximum atomic E-state index is 13.1. The fourth-order valence-electron chi connectivity index (χ4n) is 4.63. The monoisotopic (exact) mass is 361 g/mol. The molecule has 2 unspecified atom stereocenters. The molecule has 1 amide bonds. The number of rotatable bonds is 4. The third kappa shape index (κ3) is 3.29. The Morgan fingerprint density at radius 3 is 2.59 bits per heavy atom. The van der Waals surface area contributed by atoms with Gasteiger partial charge in [-0.25, -0.2) is 0 Å². The quantitative estimate of drug-likeness (QED) is 0.909. The van der Waals surface area contributed by atoms with Gasteiger partial charge in [-0.2, -0.15) is 0 Å². The van der Waals surface area contributed by atoms with Crippen molar-refractivity contribution >= 4 is 17.3 Å². The highest BCUT2D eigenvalue weighted by molar-refractivity contribution is 5.82. The van der Waals surface area contributed by atoms with Crippen LogP contribution in [0.3, 0.4) is 0 Å². The molecule has 0 radical (unpaired) electrons. The van der Waals surface area contributed by atoms with Gasteiger partial charge in [-0.3, -0.25) is 4.79 Å². The van der Waals surface area contributed by atoms with Crippen LogP contribution in [0.5, 0.6) is 0 Å². The molecule has 1 N–H and O–H groups in total. The fourth-order valence-corrected chi connectivity index (χ4v) is 4.63. The second-order valence-corrected chi connectivity index (χ2v) is 8.17. The fraction of sp³-hybridized carbons (Fsp3) is 0.435. The Hall–Kier alpha value is -2.49. The van der Waals surface area contributed by atoms with Gasteiger partial charge in [0, 0.05) is 37.6 Å². The largest absolute Gasteiger partial charge is 0.368 e. The molecule has 2 fully saturated rings. The number of carbonyl (C=O) groups is 1. The van der Waals surface area contributed by atoms with E-state index in [1.807, 2.05) is 0 Å². The first-order valence-electron chi connectivity index (χ1n) is 10.2. The number of fused-ring (bicyclic) bond motifs is 3. The van der Waals surface area contributed by atoms with Crippen LogP contribution in [0.4, 0.5) is 11.4 Å². The van der Waals surface area contributed by atoms with Gasteiger partial charge < -0.3 is 15.1 Å². The molecule has 2 aromatic rings. The number of anilines is 2. The first kappa shape index (κ1) is 16.7. The predicted molar refractivity (Wildman–Crippen MR) is 109 cm³/mol. The topological polar surface area (TPSA) is 35.6 Å². The molecule has 2 atom stereocenters. The molecule has 1 saturated carbocycles. The Kier molecular flexibility index (Phi) is 4.27. The zero-order valence-corrected chi connectivity index (χ0v) is 15.7. The number of nitrogens with one attached hydrogen (secondary N) is 1. The number of benzene rings is 2. The van der Waals surface area contributed by atoms with Gasteiger partial charge >= 0.3 is 0 Å². The summed E-state index contributed by atoms with van der Waals surface area (Å²) in [5.74, 6) is 0.972. The Balaban J connectivity index is 1.42. The summed E-state index contributed by atoms with van der Waals surface area (Å²) in [5.41, 5.74) is 3.89. The summed E-state index contributed by atoms with van der Waals surface area (Å²) in [6.07, 6.45) is 3.38. The molecular formula is C23H27N3O. The molecule has 4 heteroatoms. The number of hydrogen-bond acceptors (Lipinski definition) is 3. The molecular weight excluding hydrogens is 334 g/mol. The summed E-state index contributed by atoms with van der Waals surface area (Å²) in [6.45, 7) is 3.71. The lowest BCUT2D eigenvalue weighted by Crippen LogP contribution is -2.61. The number of piperazine rings is 1. The smallest absolute Gasteiger partial charge is 0.225 e. The maximum absolute atomic E-state index is 13.1. The summed E-state index contributed by atoms with van der Waals surface area (Å²) in [5, 5.41) is 3.25. The highest BCUT2D eigenvalue weighted by atomic mass is 16.1. The molecule has 1 saturated heterocycles. The van der Waals surface area contributed by atoms with E-state index in [9.17, 15) is 4.79 Å². The zero-order chi connectivity index (χ0) is 18.2. The van der Waals surface area contributed by atoms with E-state index in [1.54, 1.807) is 0 Å².